The van der Waals surface area contributed by atoms with Crippen molar-refractivity contribution < 1.29 is 24.5 Å². The maximum absolute atomic E-state index is 11.3. The molecule has 0 atom stereocenters. The third kappa shape index (κ3) is 9.36. The van der Waals surface area contributed by atoms with Crippen LogP contribution in [0.2, 0.25) is 0 Å². The number of nitrogens with one attached hydrogen (secondary N) is 1. The fourth-order valence-corrected chi connectivity index (χ4v) is 1.17. The Hall–Kier alpha value is -1.58. The smallest absolute Gasteiger partial charge is 0.382 e. The van der Waals surface area contributed by atoms with E-state index in [4.69, 9.17) is 14.9 Å². The quantitative estimate of drug-likeness (QED) is 0.583. The second-order valence-electron chi connectivity index (χ2n) is 6.22. The van der Waals surface area contributed by atoms with Gasteiger partial charge < -0.3 is 20.3 Å². The molecule has 0 aromatic heterocycles. The number of ether oxygens (including phenoxy) is 1. The zero-order chi connectivity index (χ0) is 15.8. The van der Waals surface area contributed by atoms with Crippen molar-refractivity contribution in [3.05, 3.63) is 0 Å². The average molecular weight is 285 g/mol. The highest BCUT2D eigenvalue weighted by molar-refractivity contribution is 6.00. The standard InChI is InChI=1S/C14H23NO5/c1-13(2,9-20-10-14(3,4)8-16)7-15-11(17)5-6-12(18)19/h16H,7-10H2,1-4H3,(H,15,17)(H,18,19). The SMILES string of the molecule is CC(C)(CO)COCC(C)(C)CNC(=O)C#CC(=O)O. The number of aliphatic hydroxyl groups is 1. The number of rotatable bonds is 7. The highest BCUT2D eigenvalue weighted by Crippen LogP contribution is 2.18. The van der Waals surface area contributed by atoms with Crippen molar-refractivity contribution in [1.29, 1.82) is 0 Å². The maximum Gasteiger partial charge on any atom is 0.382 e. The molecule has 0 fully saturated rings. The number of hydrogen-bond donors (Lipinski definition) is 3. The Morgan fingerprint density at radius 1 is 1.10 bits per heavy atom. The number of aliphatic hydroxyl groups excluding tert-OH is 1. The molecule has 0 saturated carbocycles. The van der Waals surface area contributed by atoms with Gasteiger partial charge in [-0.05, 0) is 0 Å². The Labute approximate surface area is 119 Å². The largest absolute Gasteiger partial charge is 0.472 e. The summed E-state index contributed by atoms with van der Waals surface area (Å²) in [7, 11) is 0. The number of carboxylic acids is 1. The molecular formula is C14H23NO5. The molecule has 0 aliphatic heterocycles. The second kappa shape index (κ2) is 7.88. The molecule has 20 heavy (non-hydrogen) atoms. The van der Waals surface area contributed by atoms with Crippen LogP contribution in [0.4, 0.5) is 0 Å². The fourth-order valence-electron chi connectivity index (χ4n) is 1.17. The summed E-state index contributed by atoms with van der Waals surface area (Å²) in [5.41, 5.74) is -0.613. The first-order valence-electron chi connectivity index (χ1n) is 6.29. The van der Waals surface area contributed by atoms with Gasteiger partial charge in [-0.15, -0.1) is 0 Å². The average Bonchev–Trinajstić information content (AvgIpc) is 2.33. The number of carbonyl (C=O) groups excluding carboxylic acids is 1. The lowest BCUT2D eigenvalue weighted by molar-refractivity contribution is -0.130. The van der Waals surface area contributed by atoms with Gasteiger partial charge in [-0.1, -0.05) is 27.7 Å². The zero-order valence-corrected chi connectivity index (χ0v) is 12.4. The van der Waals surface area contributed by atoms with E-state index in [-0.39, 0.29) is 17.4 Å². The Kier molecular flexibility index (Phi) is 7.25. The van der Waals surface area contributed by atoms with Crippen LogP contribution in [0.15, 0.2) is 0 Å². The monoisotopic (exact) mass is 285 g/mol. The molecule has 3 N–H and O–H groups in total. The lowest BCUT2D eigenvalue weighted by atomic mass is 9.93. The normalized spacial score (nSPS) is 11.4. The van der Waals surface area contributed by atoms with Gasteiger partial charge in [0.05, 0.1) is 19.8 Å². The van der Waals surface area contributed by atoms with Gasteiger partial charge in [0.2, 0.25) is 0 Å². The van der Waals surface area contributed by atoms with Crippen LogP contribution in [0.1, 0.15) is 27.7 Å². The molecule has 1 amide bonds. The lowest BCUT2D eigenvalue weighted by Gasteiger charge is -2.27. The number of hydrogen-bond acceptors (Lipinski definition) is 4. The van der Waals surface area contributed by atoms with Crippen LogP contribution in [0.5, 0.6) is 0 Å². The molecule has 0 unspecified atom stereocenters. The van der Waals surface area contributed by atoms with Crippen molar-refractivity contribution in [1.82, 2.24) is 5.32 Å². The van der Waals surface area contributed by atoms with Crippen molar-refractivity contribution in [2.45, 2.75) is 27.7 Å². The van der Waals surface area contributed by atoms with Gasteiger partial charge in [-0.25, -0.2) is 4.79 Å². The van der Waals surface area contributed by atoms with Crippen molar-refractivity contribution in [3.63, 3.8) is 0 Å². The topological polar surface area (TPSA) is 95.9 Å². The van der Waals surface area contributed by atoms with E-state index in [1.165, 1.54) is 0 Å². The van der Waals surface area contributed by atoms with Crippen LogP contribution in [-0.2, 0) is 14.3 Å². The van der Waals surface area contributed by atoms with Crippen molar-refractivity contribution in [2.75, 3.05) is 26.4 Å². The highest BCUT2D eigenvalue weighted by Gasteiger charge is 2.22. The van der Waals surface area contributed by atoms with Crippen LogP contribution < -0.4 is 5.32 Å². The first-order chi connectivity index (χ1) is 9.08. The first-order valence-corrected chi connectivity index (χ1v) is 6.29. The summed E-state index contributed by atoms with van der Waals surface area (Å²) in [4.78, 5) is 21.4. The Morgan fingerprint density at radius 2 is 1.65 bits per heavy atom. The summed E-state index contributed by atoms with van der Waals surface area (Å²) >= 11 is 0. The van der Waals surface area contributed by atoms with Gasteiger partial charge in [0.25, 0.3) is 5.91 Å². The van der Waals surface area contributed by atoms with E-state index in [1.807, 2.05) is 33.6 Å². The molecule has 0 aliphatic carbocycles. The summed E-state index contributed by atoms with van der Waals surface area (Å²) in [6, 6.07) is 0. The summed E-state index contributed by atoms with van der Waals surface area (Å²) < 4.78 is 5.54. The predicted octanol–water partition coefficient (Wildman–Crippen LogP) is 0.252. The molecule has 0 aliphatic rings. The molecule has 0 radical (unpaired) electrons. The molecule has 0 bridgehead atoms. The summed E-state index contributed by atoms with van der Waals surface area (Å²) in [6.45, 7) is 8.78. The molecule has 0 heterocycles. The molecule has 0 rings (SSSR count). The van der Waals surface area contributed by atoms with E-state index in [0.29, 0.717) is 19.8 Å². The van der Waals surface area contributed by atoms with Gasteiger partial charge in [0.1, 0.15) is 0 Å². The van der Waals surface area contributed by atoms with Gasteiger partial charge >= 0.3 is 5.97 Å². The summed E-state index contributed by atoms with van der Waals surface area (Å²) in [6.07, 6.45) is 0. The second-order valence-corrected chi connectivity index (χ2v) is 6.22. The van der Waals surface area contributed by atoms with Gasteiger partial charge in [0, 0.05) is 29.2 Å². The van der Waals surface area contributed by atoms with Gasteiger partial charge in [0.15, 0.2) is 0 Å². The van der Waals surface area contributed by atoms with E-state index < -0.39 is 11.9 Å². The third-order valence-electron chi connectivity index (χ3n) is 2.42. The highest BCUT2D eigenvalue weighted by atomic mass is 16.5. The molecule has 114 valence electrons. The van der Waals surface area contributed by atoms with Gasteiger partial charge in [-0.2, -0.15) is 0 Å². The molecular weight excluding hydrogens is 262 g/mol. The minimum Gasteiger partial charge on any atom is -0.472 e. The molecule has 0 aromatic carbocycles. The first kappa shape index (κ1) is 18.4. The van der Waals surface area contributed by atoms with Crippen LogP contribution in [0.25, 0.3) is 0 Å². The van der Waals surface area contributed by atoms with E-state index in [9.17, 15) is 9.59 Å². The van der Waals surface area contributed by atoms with Crippen LogP contribution in [0, 0.1) is 22.7 Å². The molecule has 6 heteroatoms. The molecule has 0 saturated heterocycles. The molecule has 0 spiro atoms. The van der Waals surface area contributed by atoms with Crippen molar-refractivity contribution in [3.8, 4) is 11.8 Å². The number of carboxylic acid groups (broad SMARTS) is 1. The summed E-state index contributed by atoms with van der Waals surface area (Å²) in [5, 5.41) is 20.0. The lowest BCUT2D eigenvalue weighted by Crippen LogP contribution is -2.37. The van der Waals surface area contributed by atoms with Crippen LogP contribution in [0.3, 0.4) is 0 Å². The zero-order valence-electron chi connectivity index (χ0n) is 12.4. The predicted molar refractivity (Wildman–Crippen MR) is 73.9 cm³/mol. The fraction of sp³-hybridized carbons (Fsp3) is 0.714. The third-order valence-corrected chi connectivity index (χ3v) is 2.42. The Morgan fingerprint density at radius 3 is 2.15 bits per heavy atom. The van der Waals surface area contributed by atoms with Crippen LogP contribution in [-0.4, -0.2) is 48.5 Å². The number of carbonyl (C=O) groups is 2. The van der Waals surface area contributed by atoms with E-state index >= 15 is 0 Å². The Bertz CT molecular complexity index is 404. The number of aliphatic carboxylic acids is 1. The summed E-state index contributed by atoms with van der Waals surface area (Å²) in [5.74, 6) is 1.75. The van der Waals surface area contributed by atoms with Crippen LogP contribution >= 0.6 is 0 Å². The van der Waals surface area contributed by atoms with Crippen molar-refractivity contribution in [2.24, 2.45) is 10.8 Å². The van der Waals surface area contributed by atoms with E-state index in [2.05, 4.69) is 5.32 Å². The molecule has 6 nitrogen and oxygen atoms in total. The maximum atomic E-state index is 11.3. The Balaban J connectivity index is 4.11. The minimum absolute atomic E-state index is 0.0366. The number of amides is 1. The minimum atomic E-state index is -1.34. The van der Waals surface area contributed by atoms with E-state index in [0.717, 1.165) is 0 Å². The van der Waals surface area contributed by atoms with E-state index in [1.54, 1.807) is 5.92 Å². The van der Waals surface area contributed by atoms with Gasteiger partial charge in [-0.3, -0.25) is 4.79 Å². The molecule has 0 aromatic rings. The van der Waals surface area contributed by atoms with Crippen molar-refractivity contribution >= 4 is 11.9 Å².